The van der Waals surface area contributed by atoms with Gasteiger partial charge in [-0.25, -0.2) is 0 Å². The summed E-state index contributed by atoms with van der Waals surface area (Å²) in [5.74, 6) is 1.77. The minimum Gasteiger partial charge on any atom is -0.457 e. The molecule has 0 N–H and O–H groups in total. The first-order chi connectivity index (χ1) is 34.2. The Labute approximate surface area is 405 Å². The molecule has 2 aliphatic carbocycles. The van der Waals surface area contributed by atoms with E-state index < -0.39 is 10.8 Å². The van der Waals surface area contributed by atoms with Crippen molar-refractivity contribution in [3.63, 3.8) is 0 Å². The third-order valence-corrected chi connectivity index (χ3v) is 16.5. The number of para-hydroxylation sites is 3. The number of nitrogens with zero attached hydrogens (tertiary/aromatic N) is 1. The third-order valence-electron chi connectivity index (χ3n) is 15.4. The summed E-state index contributed by atoms with van der Waals surface area (Å²) in [4.78, 5) is 5.16. The van der Waals surface area contributed by atoms with Crippen LogP contribution in [0.15, 0.2) is 259 Å². The number of hydrogen-bond acceptors (Lipinski definition) is 3. The number of ether oxygens (including phenoxy) is 1. The summed E-state index contributed by atoms with van der Waals surface area (Å²) < 4.78 is 6.78. The Morgan fingerprint density at radius 3 is 1.62 bits per heavy atom. The van der Waals surface area contributed by atoms with E-state index in [0.717, 1.165) is 45.3 Å². The van der Waals surface area contributed by atoms with Crippen LogP contribution in [0.1, 0.15) is 44.5 Å². The van der Waals surface area contributed by atoms with E-state index in [1.54, 1.807) is 0 Å². The van der Waals surface area contributed by atoms with Gasteiger partial charge in [-0.2, -0.15) is 0 Å². The number of hydrogen-bond donors (Lipinski definition) is 0. The zero-order valence-electron chi connectivity index (χ0n) is 37.4. The highest BCUT2D eigenvalue weighted by Crippen LogP contribution is 2.66. The predicted molar refractivity (Wildman–Crippen MR) is 283 cm³/mol. The van der Waals surface area contributed by atoms with E-state index in [2.05, 4.69) is 254 Å². The summed E-state index contributed by atoms with van der Waals surface area (Å²) in [6.45, 7) is 0. The highest BCUT2D eigenvalue weighted by Gasteiger charge is 2.53. The van der Waals surface area contributed by atoms with Crippen LogP contribution in [-0.4, -0.2) is 0 Å². The van der Waals surface area contributed by atoms with Gasteiger partial charge in [0.15, 0.2) is 0 Å². The second-order valence-corrected chi connectivity index (χ2v) is 19.7. The first-order valence-corrected chi connectivity index (χ1v) is 24.6. The summed E-state index contributed by atoms with van der Waals surface area (Å²) in [5.41, 5.74) is 19.5. The lowest BCUT2D eigenvalue weighted by Gasteiger charge is -2.40. The van der Waals surface area contributed by atoms with Crippen molar-refractivity contribution in [2.24, 2.45) is 0 Å². The van der Waals surface area contributed by atoms with E-state index in [1.165, 1.54) is 81.8 Å². The summed E-state index contributed by atoms with van der Waals surface area (Å²) in [6.07, 6.45) is 0. The molecule has 2 aliphatic heterocycles. The molecule has 1 atom stereocenters. The maximum absolute atomic E-state index is 6.78. The quantitative estimate of drug-likeness (QED) is 0.175. The second kappa shape index (κ2) is 14.6. The molecule has 0 radical (unpaired) electrons. The molecule has 1 unspecified atom stereocenters. The SMILES string of the molecule is c1ccc(-c2ccccc2N(c2ccc3c(c2)C2(c4ccccc4Oc4ccccc42)c2ccccc2-3)c2cccc3c2-c2ccccc2C32c3ccccc3Sc3cc4ccccc4cc32)cc1. The van der Waals surface area contributed by atoms with Gasteiger partial charge in [0.05, 0.1) is 22.2 Å². The predicted octanol–water partition coefficient (Wildman–Crippen LogP) is 17.3. The highest BCUT2D eigenvalue weighted by atomic mass is 32.2. The van der Waals surface area contributed by atoms with E-state index in [1.807, 2.05) is 11.8 Å². The Kier molecular flexibility index (Phi) is 8.17. The van der Waals surface area contributed by atoms with Crippen LogP contribution in [0.25, 0.3) is 44.2 Å². The van der Waals surface area contributed by atoms with Crippen LogP contribution < -0.4 is 9.64 Å². The lowest BCUT2D eigenvalue weighted by molar-refractivity contribution is 0.436. The van der Waals surface area contributed by atoms with Crippen molar-refractivity contribution in [2.45, 2.75) is 20.6 Å². The molecule has 11 aromatic rings. The normalized spacial score (nSPS) is 15.8. The van der Waals surface area contributed by atoms with Crippen molar-refractivity contribution in [1.82, 2.24) is 0 Å². The molecule has 3 heteroatoms. The van der Waals surface area contributed by atoms with Crippen molar-refractivity contribution in [3.05, 3.63) is 293 Å². The fourth-order valence-corrected chi connectivity index (χ4v) is 13.9. The summed E-state index contributed by atoms with van der Waals surface area (Å²) >= 11 is 1.90. The lowest BCUT2D eigenvalue weighted by Crippen LogP contribution is -2.32. The van der Waals surface area contributed by atoms with Crippen molar-refractivity contribution >= 4 is 39.6 Å². The number of rotatable bonds is 4. The van der Waals surface area contributed by atoms with Crippen LogP contribution in [0.5, 0.6) is 11.5 Å². The largest absolute Gasteiger partial charge is 0.457 e. The molecule has 0 fully saturated rings. The highest BCUT2D eigenvalue weighted by molar-refractivity contribution is 7.99. The van der Waals surface area contributed by atoms with E-state index >= 15 is 0 Å². The standard InChI is InChI=1S/C66H41NOS/c1-2-19-42(20-3-1)46-23-8-14-32-58(46)67(45-37-38-48-47-24-6-9-26-50(47)65(56(48)41-45)52-28-11-15-34-60(52)68-61-35-16-12-29-53(61)65)59-33-18-31-55-64(59)49-25-7-10-27-51(49)66(55)54-30-13-17-36-62(54)69-63-40-44-22-5-4-21-43(44)39-57(63)66/h1-41H. The van der Waals surface area contributed by atoms with Gasteiger partial charge in [0.25, 0.3) is 0 Å². The Balaban J connectivity index is 1.06. The average Bonchev–Trinajstić information content (AvgIpc) is 3.87. The third kappa shape index (κ3) is 5.17. The first kappa shape index (κ1) is 38.7. The molecule has 0 amide bonds. The van der Waals surface area contributed by atoms with Gasteiger partial charge in [0.1, 0.15) is 11.5 Å². The van der Waals surface area contributed by atoms with E-state index in [4.69, 9.17) is 4.74 Å². The van der Waals surface area contributed by atoms with E-state index in [-0.39, 0.29) is 0 Å². The molecule has 2 nitrogen and oxygen atoms in total. The fourth-order valence-electron chi connectivity index (χ4n) is 12.7. The van der Waals surface area contributed by atoms with Gasteiger partial charge < -0.3 is 9.64 Å². The summed E-state index contributed by atoms with van der Waals surface area (Å²) in [7, 11) is 0. The Morgan fingerprint density at radius 1 is 0.319 bits per heavy atom. The number of fused-ring (bicyclic) bond motifs is 19. The summed E-state index contributed by atoms with van der Waals surface area (Å²) in [5, 5.41) is 2.51. The fraction of sp³-hybridized carbons (Fsp3) is 0.0303. The van der Waals surface area contributed by atoms with Gasteiger partial charge in [0, 0.05) is 37.7 Å². The van der Waals surface area contributed by atoms with Gasteiger partial charge in [-0.3, -0.25) is 0 Å². The van der Waals surface area contributed by atoms with Crippen molar-refractivity contribution in [3.8, 4) is 44.9 Å². The molecular weight excluding hydrogens is 855 g/mol. The van der Waals surface area contributed by atoms with Crippen molar-refractivity contribution in [2.75, 3.05) is 4.90 Å². The molecule has 2 heterocycles. The molecule has 322 valence electrons. The van der Waals surface area contributed by atoms with Crippen molar-refractivity contribution in [1.29, 1.82) is 0 Å². The van der Waals surface area contributed by atoms with Crippen LogP contribution >= 0.6 is 11.8 Å². The topological polar surface area (TPSA) is 12.5 Å². The zero-order chi connectivity index (χ0) is 45.3. The molecule has 0 bridgehead atoms. The molecule has 2 spiro atoms. The maximum atomic E-state index is 6.78. The Morgan fingerprint density at radius 2 is 0.855 bits per heavy atom. The lowest BCUT2D eigenvalue weighted by atomic mass is 9.66. The van der Waals surface area contributed by atoms with Gasteiger partial charge in [0.2, 0.25) is 0 Å². The van der Waals surface area contributed by atoms with E-state index in [0.29, 0.717) is 0 Å². The van der Waals surface area contributed by atoms with Crippen LogP contribution in [0.4, 0.5) is 17.1 Å². The van der Waals surface area contributed by atoms with Crippen LogP contribution in [-0.2, 0) is 10.8 Å². The molecular formula is C66H41NOS. The molecule has 0 saturated heterocycles. The van der Waals surface area contributed by atoms with Gasteiger partial charge in [-0.1, -0.05) is 206 Å². The second-order valence-electron chi connectivity index (χ2n) is 18.6. The van der Waals surface area contributed by atoms with Crippen molar-refractivity contribution < 1.29 is 4.74 Å². The maximum Gasteiger partial charge on any atom is 0.132 e. The minimum atomic E-state index is -0.622. The Hall–Kier alpha value is -8.37. The average molecular weight is 896 g/mol. The van der Waals surface area contributed by atoms with Crippen LogP contribution in [0.3, 0.4) is 0 Å². The number of benzene rings is 11. The van der Waals surface area contributed by atoms with Gasteiger partial charge in [-0.05, 0) is 121 Å². The molecule has 4 aliphatic rings. The summed E-state index contributed by atoms with van der Waals surface area (Å²) in [6, 6.07) is 92.5. The van der Waals surface area contributed by atoms with E-state index in [9.17, 15) is 0 Å². The van der Waals surface area contributed by atoms with Crippen LogP contribution in [0, 0.1) is 0 Å². The smallest absolute Gasteiger partial charge is 0.132 e. The number of anilines is 3. The minimum absolute atomic E-state index is 0.563. The molecule has 0 saturated carbocycles. The first-order valence-electron chi connectivity index (χ1n) is 23.8. The molecule has 0 aromatic heterocycles. The van der Waals surface area contributed by atoms with Gasteiger partial charge in [-0.15, -0.1) is 0 Å². The zero-order valence-corrected chi connectivity index (χ0v) is 38.3. The molecule has 69 heavy (non-hydrogen) atoms. The monoisotopic (exact) mass is 895 g/mol. The molecule has 15 rings (SSSR count). The Bertz CT molecular complexity index is 3900. The molecule has 11 aromatic carbocycles. The van der Waals surface area contributed by atoms with Crippen LogP contribution in [0.2, 0.25) is 0 Å². The van der Waals surface area contributed by atoms with Gasteiger partial charge >= 0.3 is 0 Å².